The number of benzene rings is 1. The van der Waals surface area contributed by atoms with Gasteiger partial charge in [-0.3, -0.25) is 14.2 Å². The van der Waals surface area contributed by atoms with E-state index in [4.69, 9.17) is 33.2 Å². The standard InChI is InChI=1S/C35H41Cl2F6N7O2/c1-33(2,3)31(52)44-17-18-4-11-24(36)27(26(18)37)47-32-46-25-16-23(30(51)45-21-7-5-19(6-8-21)34(38,39)40)28(48-29(25)50(32)22-9-10-22)49-14-12-20(13-15-49)35(41,42)43/h4,11,16,19-22H,5-10,12-15,17H2,1-3H3,(H,44,52)(H,45,51)(H,46,47)/t19-,21-. The average molecular weight is 777 g/mol. The number of nitrogens with one attached hydrogen (secondary N) is 3. The van der Waals surface area contributed by atoms with Crippen LogP contribution in [0.2, 0.25) is 10.0 Å². The highest BCUT2D eigenvalue weighted by atomic mass is 35.5. The van der Waals surface area contributed by atoms with Crippen LogP contribution in [0.25, 0.3) is 11.2 Å². The number of halogens is 8. The summed E-state index contributed by atoms with van der Waals surface area (Å²) >= 11 is 13.4. The van der Waals surface area contributed by atoms with Crippen molar-refractivity contribution in [2.45, 2.75) is 103 Å². The van der Waals surface area contributed by atoms with Crippen LogP contribution in [0.1, 0.15) is 94.1 Å². The minimum atomic E-state index is -4.35. The van der Waals surface area contributed by atoms with Gasteiger partial charge in [0.1, 0.15) is 11.3 Å². The molecule has 3 aliphatic rings. The van der Waals surface area contributed by atoms with Gasteiger partial charge in [0, 0.05) is 37.1 Å². The average Bonchev–Trinajstić information content (AvgIpc) is 3.84. The van der Waals surface area contributed by atoms with E-state index >= 15 is 0 Å². The summed E-state index contributed by atoms with van der Waals surface area (Å²) in [6.07, 6.45) is -7.33. The smallest absolute Gasteiger partial charge is 0.356 e. The van der Waals surface area contributed by atoms with Crippen molar-refractivity contribution in [2.24, 2.45) is 17.3 Å². The maximum absolute atomic E-state index is 13.9. The fourth-order valence-electron chi connectivity index (χ4n) is 6.83. The van der Waals surface area contributed by atoms with Crippen molar-refractivity contribution in [1.82, 2.24) is 25.2 Å². The van der Waals surface area contributed by atoms with Crippen molar-refractivity contribution >= 4 is 63.6 Å². The molecule has 3 N–H and O–H groups in total. The Bertz CT molecular complexity index is 1820. The first-order valence-corrected chi connectivity index (χ1v) is 18.2. The number of carbonyl (C=O) groups excluding carboxylic acids is 2. The second kappa shape index (κ2) is 14.4. The van der Waals surface area contributed by atoms with Gasteiger partial charge in [-0.1, -0.05) is 50.0 Å². The first-order valence-electron chi connectivity index (χ1n) is 17.5. The Morgan fingerprint density at radius 2 is 1.48 bits per heavy atom. The van der Waals surface area contributed by atoms with Crippen LogP contribution < -0.4 is 20.9 Å². The summed E-state index contributed by atoms with van der Waals surface area (Å²) < 4.78 is 82.4. The number of anilines is 3. The molecule has 3 fully saturated rings. The number of hydrogen-bond acceptors (Lipinski definition) is 6. The number of imidazole rings is 1. The Morgan fingerprint density at radius 3 is 2.06 bits per heavy atom. The van der Waals surface area contributed by atoms with E-state index in [2.05, 4.69) is 16.0 Å². The van der Waals surface area contributed by atoms with Crippen LogP contribution in [0, 0.1) is 17.3 Å². The third kappa shape index (κ3) is 8.35. The van der Waals surface area contributed by atoms with Crippen LogP contribution in [0.15, 0.2) is 18.2 Å². The number of piperidine rings is 1. The zero-order valence-electron chi connectivity index (χ0n) is 28.9. The molecule has 52 heavy (non-hydrogen) atoms. The predicted molar refractivity (Wildman–Crippen MR) is 187 cm³/mol. The molecule has 0 spiro atoms. The molecule has 2 aromatic heterocycles. The Morgan fingerprint density at radius 1 is 0.865 bits per heavy atom. The van der Waals surface area contributed by atoms with Gasteiger partial charge >= 0.3 is 12.4 Å². The highest BCUT2D eigenvalue weighted by molar-refractivity contribution is 6.39. The highest BCUT2D eigenvalue weighted by Gasteiger charge is 2.43. The van der Waals surface area contributed by atoms with Gasteiger partial charge in [-0.25, -0.2) is 9.97 Å². The van der Waals surface area contributed by atoms with Crippen LogP contribution in [0.3, 0.4) is 0 Å². The SMILES string of the molecule is CC(C)(C)C(=O)NCc1ccc(Cl)c(Nc2nc3cc(C(=O)N[C@H]4CC[C@H](C(F)(F)F)CC4)c(N4CCC(C(F)(F)F)CC4)nc3n2C2CC2)c1Cl. The fraction of sp³-hybridized carbons (Fsp3) is 0.600. The first kappa shape index (κ1) is 38.3. The third-order valence-electron chi connectivity index (χ3n) is 10.1. The van der Waals surface area contributed by atoms with Crippen molar-refractivity contribution in [3.63, 3.8) is 0 Å². The van der Waals surface area contributed by atoms with E-state index in [0.717, 1.165) is 12.8 Å². The third-order valence-corrected chi connectivity index (χ3v) is 10.9. The van der Waals surface area contributed by atoms with E-state index in [9.17, 15) is 35.9 Å². The molecule has 1 saturated heterocycles. The van der Waals surface area contributed by atoms with E-state index in [1.54, 1.807) is 37.8 Å². The molecule has 1 aliphatic heterocycles. The van der Waals surface area contributed by atoms with E-state index in [1.807, 2.05) is 4.57 Å². The van der Waals surface area contributed by atoms with Gasteiger partial charge in [0.05, 0.1) is 33.1 Å². The molecular weight excluding hydrogens is 735 g/mol. The van der Waals surface area contributed by atoms with Gasteiger partial charge in [-0.15, -0.1) is 0 Å². The van der Waals surface area contributed by atoms with Crippen molar-refractivity contribution < 1.29 is 35.9 Å². The van der Waals surface area contributed by atoms with Crippen LogP contribution >= 0.6 is 23.2 Å². The van der Waals surface area contributed by atoms with Crippen molar-refractivity contribution in [2.75, 3.05) is 23.3 Å². The Balaban J connectivity index is 1.34. The summed E-state index contributed by atoms with van der Waals surface area (Å²) in [7, 11) is 0. The van der Waals surface area contributed by atoms with Gasteiger partial charge in [0.25, 0.3) is 5.91 Å². The van der Waals surface area contributed by atoms with Gasteiger partial charge in [-0.05, 0) is 69.1 Å². The molecule has 0 atom stereocenters. The van der Waals surface area contributed by atoms with Crippen LogP contribution in [0.4, 0.5) is 43.8 Å². The number of amides is 2. The number of rotatable bonds is 8. The number of pyridine rings is 1. The minimum Gasteiger partial charge on any atom is -0.356 e. The lowest BCUT2D eigenvalue weighted by Gasteiger charge is -2.35. The number of hydrogen-bond donors (Lipinski definition) is 3. The topological polar surface area (TPSA) is 104 Å². The van der Waals surface area contributed by atoms with Crippen molar-refractivity contribution in [1.29, 1.82) is 0 Å². The van der Waals surface area contributed by atoms with Crippen LogP contribution in [-0.4, -0.2) is 57.8 Å². The molecule has 2 amide bonds. The maximum Gasteiger partial charge on any atom is 0.391 e. The summed E-state index contributed by atoms with van der Waals surface area (Å²) in [6, 6.07) is 4.37. The van der Waals surface area contributed by atoms with Crippen molar-refractivity contribution in [3.8, 4) is 0 Å². The summed E-state index contributed by atoms with van der Waals surface area (Å²) in [5, 5.41) is 9.52. The lowest BCUT2D eigenvalue weighted by Crippen LogP contribution is -2.42. The molecule has 1 aromatic carbocycles. The highest BCUT2D eigenvalue weighted by Crippen LogP contribution is 2.44. The molecule has 6 rings (SSSR count). The maximum atomic E-state index is 13.9. The van der Waals surface area contributed by atoms with Crippen LogP contribution in [-0.2, 0) is 11.3 Å². The molecule has 0 radical (unpaired) electrons. The van der Waals surface area contributed by atoms with Gasteiger partial charge < -0.3 is 20.9 Å². The first-order chi connectivity index (χ1) is 24.3. The molecule has 0 bridgehead atoms. The van der Waals surface area contributed by atoms with E-state index in [0.29, 0.717) is 28.4 Å². The molecule has 284 valence electrons. The van der Waals surface area contributed by atoms with E-state index < -0.39 is 41.6 Å². The van der Waals surface area contributed by atoms with Gasteiger partial charge in [0.2, 0.25) is 11.9 Å². The van der Waals surface area contributed by atoms with Crippen LogP contribution in [0.5, 0.6) is 0 Å². The monoisotopic (exact) mass is 775 g/mol. The molecule has 3 heterocycles. The lowest BCUT2D eigenvalue weighted by atomic mass is 9.85. The summed E-state index contributed by atoms with van der Waals surface area (Å²) in [4.78, 5) is 37.7. The number of aromatic nitrogens is 3. The number of fused-ring (bicyclic) bond motifs is 1. The largest absolute Gasteiger partial charge is 0.391 e. The second-order valence-corrected chi connectivity index (χ2v) is 15.8. The molecule has 17 heteroatoms. The molecule has 2 saturated carbocycles. The van der Waals surface area contributed by atoms with Crippen molar-refractivity contribution in [3.05, 3.63) is 39.4 Å². The minimum absolute atomic E-state index is 0.00604. The number of carbonyl (C=O) groups is 2. The lowest BCUT2D eigenvalue weighted by molar-refractivity contribution is -0.182. The quantitative estimate of drug-likeness (QED) is 0.197. The summed E-state index contributed by atoms with van der Waals surface area (Å²) in [5.41, 5.74) is 1.14. The Labute approximate surface area is 307 Å². The number of alkyl halides is 6. The molecule has 3 aromatic rings. The normalized spacial score (nSPS) is 20.6. The number of nitrogens with zero attached hydrogens (tertiary/aromatic N) is 4. The van der Waals surface area contributed by atoms with Gasteiger partial charge in [0.15, 0.2) is 5.65 Å². The molecule has 9 nitrogen and oxygen atoms in total. The molecular formula is C35H41Cl2F6N7O2. The molecule has 0 unspecified atom stereocenters. The van der Waals surface area contributed by atoms with Gasteiger partial charge in [-0.2, -0.15) is 26.3 Å². The Kier molecular flexibility index (Phi) is 10.6. The Hall–Kier alpha value is -3.46. The molecule has 2 aliphatic carbocycles. The zero-order valence-corrected chi connectivity index (χ0v) is 30.5. The van der Waals surface area contributed by atoms with E-state index in [-0.39, 0.29) is 91.5 Å². The second-order valence-electron chi connectivity index (χ2n) is 15.1. The summed E-state index contributed by atoms with van der Waals surface area (Å²) in [5.74, 6) is -3.13. The fourth-order valence-corrected chi connectivity index (χ4v) is 7.36. The van der Waals surface area contributed by atoms with E-state index in [1.165, 1.54) is 6.07 Å². The summed E-state index contributed by atoms with van der Waals surface area (Å²) in [6.45, 7) is 5.54. The zero-order chi connectivity index (χ0) is 37.7. The predicted octanol–water partition coefficient (Wildman–Crippen LogP) is 9.11.